The summed E-state index contributed by atoms with van der Waals surface area (Å²) in [6.07, 6.45) is -0.161. The number of halogens is 1. The number of Topliss-reactive ketones (excluding diaryl/α,β-unsaturated/α-hetero) is 1. The van der Waals surface area contributed by atoms with E-state index < -0.39 is 11.9 Å². The average Bonchev–Trinajstić information content (AvgIpc) is 3.45. The monoisotopic (exact) mass is 454 g/mol. The Morgan fingerprint density at radius 3 is 2.53 bits per heavy atom. The predicted molar refractivity (Wildman–Crippen MR) is 114 cm³/mol. The molecule has 3 aromatic rings. The van der Waals surface area contributed by atoms with Crippen molar-refractivity contribution >= 4 is 34.9 Å². The Morgan fingerprint density at radius 2 is 1.91 bits per heavy atom. The highest BCUT2D eigenvalue weighted by Crippen LogP contribution is 2.39. The van der Waals surface area contributed by atoms with Gasteiger partial charge in [0, 0.05) is 18.7 Å². The number of aryl methyl sites for hydroxylation is 1. The Labute approximate surface area is 186 Å². The number of nitrogens with zero attached hydrogens (tertiary/aromatic N) is 6. The van der Waals surface area contributed by atoms with E-state index in [1.54, 1.807) is 11.8 Å². The van der Waals surface area contributed by atoms with Crippen molar-refractivity contribution in [2.75, 3.05) is 18.0 Å². The van der Waals surface area contributed by atoms with Crippen molar-refractivity contribution in [2.24, 2.45) is 0 Å². The number of fused-ring (bicyclic) bond motifs is 1. The second-order valence-corrected chi connectivity index (χ2v) is 8.57. The predicted octanol–water partition coefficient (Wildman–Crippen LogP) is 2.37. The molecular weight excluding hydrogens is 435 g/mol. The highest BCUT2D eigenvalue weighted by atomic mass is 32.1. The third-order valence-corrected chi connectivity index (χ3v) is 6.53. The Hall–Kier alpha value is -3.47. The molecule has 2 aliphatic rings. The molecule has 5 rings (SSSR count). The van der Waals surface area contributed by atoms with Crippen molar-refractivity contribution in [1.29, 1.82) is 0 Å². The Kier molecular flexibility index (Phi) is 4.85. The van der Waals surface area contributed by atoms with Gasteiger partial charge in [0.2, 0.25) is 5.91 Å². The molecule has 0 bridgehead atoms. The van der Waals surface area contributed by atoms with Gasteiger partial charge < -0.3 is 9.47 Å². The third-order valence-electron chi connectivity index (χ3n) is 5.73. The Bertz CT molecular complexity index is 1250. The van der Waals surface area contributed by atoms with E-state index in [2.05, 4.69) is 9.36 Å². The van der Waals surface area contributed by atoms with Gasteiger partial charge in [0.25, 0.3) is 5.91 Å². The van der Waals surface area contributed by atoms with Crippen molar-refractivity contribution < 1.29 is 18.8 Å². The second kappa shape index (κ2) is 7.59. The van der Waals surface area contributed by atoms with Gasteiger partial charge in [-0.05, 0) is 49.6 Å². The molecule has 2 amide bonds. The van der Waals surface area contributed by atoms with Gasteiger partial charge in [0.1, 0.15) is 11.6 Å². The van der Waals surface area contributed by atoms with E-state index in [0.717, 1.165) is 0 Å². The van der Waals surface area contributed by atoms with Crippen LogP contribution >= 0.6 is 11.5 Å². The number of carbonyl (C=O) groups is 3. The lowest BCUT2D eigenvalue weighted by atomic mass is 10.1. The highest BCUT2D eigenvalue weighted by molar-refractivity contribution is 7.09. The molecule has 1 aromatic carbocycles. The minimum Gasteiger partial charge on any atom is -0.328 e. The first-order chi connectivity index (χ1) is 15.3. The van der Waals surface area contributed by atoms with Gasteiger partial charge in [-0.2, -0.15) is 4.37 Å². The van der Waals surface area contributed by atoms with Crippen LogP contribution in [0.4, 0.5) is 10.2 Å². The number of amides is 2. The van der Waals surface area contributed by atoms with Gasteiger partial charge in [0.05, 0.1) is 24.7 Å². The Balaban J connectivity index is 1.59. The van der Waals surface area contributed by atoms with Gasteiger partial charge in [-0.25, -0.2) is 14.4 Å². The summed E-state index contributed by atoms with van der Waals surface area (Å²) in [5, 5.41) is 0.610. The zero-order valence-electron chi connectivity index (χ0n) is 17.4. The molecule has 1 fully saturated rings. The summed E-state index contributed by atoms with van der Waals surface area (Å²) in [5.74, 6) is 0.406. The number of benzene rings is 1. The van der Waals surface area contributed by atoms with Crippen LogP contribution in [-0.4, -0.2) is 54.5 Å². The number of carbonyl (C=O) groups excluding carboxylic acids is 3. The van der Waals surface area contributed by atoms with Crippen molar-refractivity contribution in [3.8, 4) is 10.8 Å². The molecule has 32 heavy (non-hydrogen) atoms. The number of aromatic nitrogens is 4. The fourth-order valence-electron chi connectivity index (χ4n) is 4.20. The van der Waals surface area contributed by atoms with Gasteiger partial charge in [-0.1, -0.05) is 0 Å². The molecule has 1 atom stereocenters. The lowest BCUT2D eigenvalue weighted by Crippen LogP contribution is -2.42. The standard InChI is InChI=1S/C21H19FN6O3S/c1-11-17-18(28-10-15(29)9-16(28)30)24-19(20-23-12(2)25-32-20)27(17)8-7-26(11)21(31)13-3-5-14(22)6-4-13/h3-6,11H,7-10H2,1-2H3/t11-/m1/s1. The van der Waals surface area contributed by atoms with Gasteiger partial charge >= 0.3 is 0 Å². The number of rotatable bonds is 3. The van der Waals surface area contributed by atoms with Gasteiger partial charge in [-0.15, -0.1) is 0 Å². The van der Waals surface area contributed by atoms with E-state index in [1.165, 1.54) is 40.7 Å². The van der Waals surface area contributed by atoms with Crippen LogP contribution in [0.15, 0.2) is 24.3 Å². The maximum atomic E-state index is 13.3. The largest absolute Gasteiger partial charge is 0.328 e. The SMILES string of the molecule is Cc1nsc(-c2nc(N3CC(=O)CC3=O)c3n2CCN(C(=O)c2ccc(F)cc2)[C@@H]3C)n1. The fourth-order valence-corrected chi connectivity index (χ4v) is 4.87. The first-order valence-corrected chi connectivity index (χ1v) is 10.9. The molecule has 0 N–H and O–H groups in total. The zero-order chi connectivity index (χ0) is 22.6. The molecule has 0 unspecified atom stereocenters. The smallest absolute Gasteiger partial charge is 0.254 e. The topological polar surface area (TPSA) is 101 Å². The number of anilines is 1. The number of ketones is 1. The van der Waals surface area contributed by atoms with Crippen LogP contribution in [0, 0.1) is 12.7 Å². The van der Waals surface area contributed by atoms with Crippen molar-refractivity contribution in [3.63, 3.8) is 0 Å². The van der Waals surface area contributed by atoms with Gasteiger partial charge in [-0.3, -0.25) is 19.3 Å². The summed E-state index contributed by atoms with van der Waals surface area (Å²) in [5.41, 5.74) is 1.04. The van der Waals surface area contributed by atoms with Gasteiger partial charge in [0.15, 0.2) is 22.4 Å². The Morgan fingerprint density at radius 1 is 1.16 bits per heavy atom. The number of hydrogen-bond donors (Lipinski definition) is 0. The van der Waals surface area contributed by atoms with E-state index in [4.69, 9.17) is 4.98 Å². The summed E-state index contributed by atoms with van der Waals surface area (Å²) in [6.45, 7) is 4.43. The maximum Gasteiger partial charge on any atom is 0.254 e. The normalized spacial score (nSPS) is 18.4. The number of hydrogen-bond acceptors (Lipinski definition) is 7. The molecule has 2 aromatic heterocycles. The molecule has 0 saturated carbocycles. The van der Waals surface area contributed by atoms with Crippen LogP contribution < -0.4 is 4.90 Å². The minimum absolute atomic E-state index is 0.0456. The molecule has 1 saturated heterocycles. The highest BCUT2D eigenvalue weighted by Gasteiger charge is 2.39. The second-order valence-electron chi connectivity index (χ2n) is 7.82. The molecule has 11 heteroatoms. The van der Waals surface area contributed by atoms with E-state index in [9.17, 15) is 18.8 Å². The summed E-state index contributed by atoms with van der Waals surface area (Å²) in [7, 11) is 0. The lowest BCUT2D eigenvalue weighted by Gasteiger charge is -2.36. The molecule has 0 aliphatic carbocycles. The lowest BCUT2D eigenvalue weighted by molar-refractivity contribution is -0.121. The number of imidazole rings is 1. The van der Waals surface area contributed by atoms with Crippen LogP contribution in [0.5, 0.6) is 0 Å². The van der Waals surface area contributed by atoms with Crippen LogP contribution in [-0.2, 0) is 16.1 Å². The molecule has 0 spiro atoms. The van der Waals surface area contributed by atoms with E-state index in [1.807, 2.05) is 11.5 Å². The first-order valence-electron chi connectivity index (χ1n) is 10.1. The van der Waals surface area contributed by atoms with Crippen LogP contribution in [0.2, 0.25) is 0 Å². The third kappa shape index (κ3) is 3.29. The molecule has 164 valence electrons. The fraction of sp³-hybridized carbons (Fsp3) is 0.333. The summed E-state index contributed by atoms with van der Waals surface area (Å²) in [4.78, 5) is 49.8. The van der Waals surface area contributed by atoms with Crippen molar-refractivity contribution in [3.05, 3.63) is 47.2 Å². The van der Waals surface area contributed by atoms with E-state index in [-0.39, 0.29) is 30.6 Å². The summed E-state index contributed by atoms with van der Waals surface area (Å²) >= 11 is 1.21. The van der Waals surface area contributed by atoms with Crippen molar-refractivity contribution in [2.45, 2.75) is 32.9 Å². The molecule has 4 heterocycles. The van der Waals surface area contributed by atoms with Crippen LogP contribution in [0.3, 0.4) is 0 Å². The van der Waals surface area contributed by atoms with E-state index in [0.29, 0.717) is 46.8 Å². The summed E-state index contributed by atoms with van der Waals surface area (Å²) in [6, 6.07) is 4.98. The van der Waals surface area contributed by atoms with Crippen LogP contribution in [0.25, 0.3) is 10.8 Å². The first kappa shape index (κ1) is 20.4. The quantitative estimate of drug-likeness (QED) is 0.563. The van der Waals surface area contributed by atoms with E-state index >= 15 is 0 Å². The van der Waals surface area contributed by atoms with Crippen LogP contribution in [0.1, 0.15) is 41.3 Å². The zero-order valence-corrected chi connectivity index (χ0v) is 18.2. The average molecular weight is 454 g/mol. The maximum absolute atomic E-state index is 13.3. The molecule has 9 nitrogen and oxygen atoms in total. The molecule has 2 aliphatic heterocycles. The van der Waals surface area contributed by atoms with Crippen molar-refractivity contribution in [1.82, 2.24) is 23.8 Å². The molecular formula is C21H19FN6O3S. The minimum atomic E-state index is -0.435. The molecule has 0 radical (unpaired) electrons. The summed E-state index contributed by atoms with van der Waals surface area (Å²) < 4.78 is 19.5.